The summed E-state index contributed by atoms with van der Waals surface area (Å²) in [5.74, 6) is 1.27. The highest BCUT2D eigenvalue weighted by atomic mass is 16.6. The molecule has 5 atom stereocenters. The summed E-state index contributed by atoms with van der Waals surface area (Å²) < 4.78 is 11.6. The third-order valence-electron chi connectivity index (χ3n) is 23.0. The Balaban J connectivity index is 0.000000129. The Labute approximate surface area is 727 Å². The number of nitrogens with two attached hydrogens (primary N) is 4. The standard InChI is InChI=1S/C30H32N4O2.2C22H23N3.C16H21NO2.C14H11N5/c31-24-16-10-15-23(19-24)29-27-25(28(33-34-29)22-13-6-2-7-14-22)17-8-3-9-18-26(27)36-30(35)32-20-21-11-4-1-5-12-21;2*23-18-12-8-11-17(15-18)22-20-14-7-2-1-6-13-19(20)21(24-25-22)16-9-4-3-5-10-16;18-16(17-13-14-9-5-4-6-10-14)19-15-11-7-2-1-3-8-12-15;15-12-8-4-7-11(9-12)14-18-16-13(17-19-14)10-5-2-1-3-6-10/h1-2,4-7,10-16,19,25-27H,3,8-9,17-18,20,31H2,(H,32,35);3-5,8-12,15H,1-2,6-7,13-14,23H2;3-5,8-12,14-15,19H,1-2,6-7,13,23H2;4-7,9-11,15H,1-3,8,12-13H2,(H,17,18);1-9H,15H2/b;;;11-7+;. The molecule has 124 heavy (non-hydrogen) atoms. The van der Waals surface area contributed by atoms with Gasteiger partial charge in [0.2, 0.25) is 11.6 Å². The van der Waals surface area contributed by atoms with Crippen LogP contribution in [0.3, 0.4) is 0 Å². The summed E-state index contributed by atoms with van der Waals surface area (Å²) in [6.45, 7) is 0.934. The average Bonchev–Trinajstić information content (AvgIpc) is 0.763. The Morgan fingerprint density at radius 3 is 1.35 bits per heavy atom. The topological polar surface area (TPSA) is 308 Å². The number of nitrogens with one attached hydrogen (secondary N) is 2. The van der Waals surface area contributed by atoms with E-state index in [1.54, 1.807) is 6.07 Å². The third kappa shape index (κ3) is 24.5. The summed E-state index contributed by atoms with van der Waals surface area (Å²) in [5, 5.41) is 50.2. The smallest absolute Gasteiger partial charge is 0.407 e. The highest BCUT2D eigenvalue weighted by Crippen LogP contribution is 2.41. The molecule has 12 aromatic rings. The van der Waals surface area contributed by atoms with Gasteiger partial charge in [0.1, 0.15) is 12.2 Å². The van der Waals surface area contributed by atoms with E-state index in [9.17, 15) is 9.59 Å². The maximum absolute atomic E-state index is 13.0. The molecule has 1 fully saturated rings. The van der Waals surface area contributed by atoms with Crippen molar-refractivity contribution in [3.63, 3.8) is 0 Å². The lowest BCUT2D eigenvalue weighted by Crippen LogP contribution is -2.45. The summed E-state index contributed by atoms with van der Waals surface area (Å²) in [4.78, 5) is 24.7. The second-order valence-electron chi connectivity index (χ2n) is 31.9. The molecule has 10 N–H and O–H groups in total. The number of nitrogen functional groups attached to an aromatic ring is 4. The molecule has 0 spiro atoms. The first-order valence-electron chi connectivity index (χ1n) is 43.8. The summed E-state index contributed by atoms with van der Waals surface area (Å²) in [7, 11) is 0. The number of allylic oxidation sites excluding steroid dienone is 3. The van der Waals surface area contributed by atoms with Gasteiger partial charge in [-0.05, 0) is 183 Å². The van der Waals surface area contributed by atoms with E-state index in [4.69, 9.17) is 42.6 Å². The van der Waals surface area contributed by atoms with E-state index in [0.717, 1.165) is 173 Å². The lowest BCUT2D eigenvalue weighted by molar-refractivity contribution is 0.0577. The third-order valence-corrected chi connectivity index (χ3v) is 23.0. The molecule has 0 radical (unpaired) electrons. The number of hydrogen-bond donors (Lipinski definition) is 6. The predicted octanol–water partition coefficient (Wildman–Crippen LogP) is 22.0. The Bertz CT molecular complexity index is 5640. The molecule has 630 valence electrons. The average molecular weight is 1650 g/mol. The van der Waals surface area contributed by atoms with Crippen LogP contribution >= 0.6 is 0 Å². The van der Waals surface area contributed by atoms with Crippen LogP contribution in [0.15, 0.2) is 323 Å². The lowest BCUT2D eigenvalue weighted by atomic mass is 9.71. The Morgan fingerprint density at radius 2 is 0.766 bits per heavy atom. The zero-order chi connectivity index (χ0) is 85.3. The zero-order valence-electron chi connectivity index (χ0n) is 70.4. The second-order valence-corrected chi connectivity index (χ2v) is 31.9. The van der Waals surface area contributed by atoms with Gasteiger partial charge in [-0.1, -0.05) is 288 Å². The van der Waals surface area contributed by atoms with Crippen molar-refractivity contribution in [2.75, 3.05) is 22.9 Å². The fourth-order valence-electron chi connectivity index (χ4n) is 16.8. The molecule has 0 bridgehead atoms. The van der Waals surface area contributed by atoms with E-state index in [1.807, 2.05) is 206 Å². The highest BCUT2D eigenvalue weighted by Gasteiger charge is 2.43. The SMILES string of the molecule is Nc1cccc(-c2nnc(-c3ccccc3)c3c2CCCCCC3)c1.Nc1cccc(-c2nnc(-c3ccccc3)nn2)c1.Nc1cccc(C2=NN=C(c3ccccc3)C3CCCCCC(OC(=O)NCc4ccccc4)C23)c1.Nc1cccc(C2=NN=C(c3ccccc3)C3CCCCCC=C23)c1.O=C(NCc1ccccc1)OC1/C=C/CCCCC1. The van der Waals surface area contributed by atoms with Gasteiger partial charge in [0.15, 0.2) is 0 Å². The van der Waals surface area contributed by atoms with Crippen LogP contribution in [0.4, 0.5) is 32.3 Å². The van der Waals surface area contributed by atoms with E-state index in [1.165, 1.54) is 80.1 Å². The molecule has 10 aromatic carbocycles. The molecule has 20 nitrogen and oxygen atoms in total. The first-order chi connectivity index (χ1) is 61.0. The molecule has 1 saturated carbocycles. The van der Waals surface area contributed by atoms with E-state index in [-0.39, 0.29) is 30.1 Å². The molecule has 4 aliphatic carbocycles. The second kappa shape index (κ2) is 45.1. The number of aromatic nitrogens is 6. The van der Waals surface area contributed by atoms with Gasteiger partial charge in [0.25, 0.3) is 0 Å². The lowest BCUT2D eigenvalue weighted by Gasteiger charge is -2.38. The van der Waals surface area contributed by atoms with Gasteiger partial charge in [-0.25, -0.2) is 9.59 Å². The number of carbonyl (C=O) groups is 2. The van der Waals surface area contributed by atoms with E-state index >= 15 is 0 Å². The number of rotatable bonds is 14. The Morgan fingerprint density at radius 1 is 0.347 bits per heavy atom. The number of alkyl carbamates (subject to hydrolysis) is 2. The van der Waals surface area contributed by atoms with E-state index < -0.39 is 6.09 Å². The van der Waals surface area contributed by atoms with Crippen LogP contribution in [0.25, 0.3) is 45.3 Å². The highest BCUT2D eigenvalue weighted by molar-refractivity contribution is 6.20. The van der Waals surface area contributed by atoms with Gasteiger partial charge in [-0.3, -0.25) is 0 Å². The fourth-order valence-corrected chi connectivity index (χ4v) is 16.8. The molecular formula is C104H110N16O4. The monoisotopic (exact) mass is 1650 g/mol. The van der Waals surface area contributed by atoms with Crippen molar-refractivity contribution >= 4 is 57.8 Å². The summed E-state index contributed by atoms with van der Waals surface area (Å²) in [6.07, 6.45) is 29.1. The minimum absolute atomic E-state index is 0.0731. The molecule has 18 rings (SSSR count). The number of hydrogen-bond acceptors (Lipinski definition) is 18. The molecular weight excluding hydrogens is 1540 g/mol. The largest absolute Gasteiger partial charge is 0.446 e. The van der Waals surface area contributed by atoms with Gasteiger partial charge in [-0.2, -0.15) is 15.3 Å². The Hall–Kier alpha value is -13.9. The van der Waals surface area contributed by atoms with Crippen LogP contribution in [0.1, 0.15) is 167 Å². The number of nitrogens with zero attached hydrogens (tertiary/aromatic N) is 10. The Kier molecular flexibility index (Phi) is 31.5. The van der Waals surface area contributed by atoms with Crippen LogP contribution in [0.5, 0.6) is 0 Å². The number of ether oxygens (including phenoxy) is 2. The maximum atomic E-state index is 13.0. The van der Waals surface area contributed by atoms with Crippen LogP contribution in [-0.4, -0.2) is 77.8 Å². The van der Waals surface area contributed by atoms with Gasteiger partial charge in [0.05, 0.1) is 34.2 Å². The predicted molar refractivity (Wildman–Crippen MR) is 501 cm³/mol. The van der Waals surface area contributed by atoms with Crippen LogP contribution in [-0.2, 0) is 35.4 Å². The molecule has 2 aliphatic heterocycles. The fraction of sp³-hybridized carbons (Fsp3) is 0.269. The van der Waals surface area contributed by atoms with Crippen molar-refractivity contribution in [1.29, 1.82) is 0 Å². The summed E-state index contributed by atoms with van der Waals surface area (Å²) in [6, 6.07) is 91.5. The minimum Gasteiger partial charge on any atom is -0.446 e. The summed E-state index contributed by atoms with van der Waals surface area (Å²) in [5.41, 5.74) is 47.0. The van der Waals surface area contributed by atoms with E-state index in [2.05, 4.69) is 136 Å². The van der Waals surface area contributed by atoms with Crippen molar-refractivity contribution < 1.29 is 19.1 Å². The zero-order valence-corrected chi connectivity index (χ0v) is 70.4. The number of fused-ring (bicyclic) bond motifs is 3. The van der Waals surface area contributed by atoms with Gasteiger partial charge in [-0.15, -0.1) is 35.7 Å². The van der Waals surface area contributed by atoms with Crippen LogP contribution in [0, 0.1) is 17.8 Å². The molecule has 20 heteroatoms. The quantitative estimate of drug-likeness (QED) is 0.0436. The first-order valence-corrected chi connectivity index (χ1v) is 43.8. The van der Waals surface area contributed by atoms with Gasteiger partial charge in [0, 0.05) is 87.0 Å². The molecule has 4 heterocycles. The van der Waals surface area contributed by atoms with Crippen molar-refractivity contribution in [2.45, 2.75) is 160 Å². The minimum atomic E-state index is -0.404. The van der Waals surface area contributed by atoms with E-state index in [0.29, 0.717) is 42.0 Å². The normalized spacial score (nSPS) is 18.1. The van der Waals surface area contributed by atoms with Gasteiger partial charge < -0.3 is 43.0 Å². The van der Waals surface area contributed by atoms with Crippen molar-refractivity contribution in [2.24, 2.45) is 38.2 Å². The number of amides is 2. The maximum Gasteiger partial charge on any atom is 0.407 e. The van der Waals surface area contributed by atoms with Crippen molar-refractivity contribution in [3.8, 4) is 45.3 Å². The van der Waals surface area contributed by atoms with Crippen molar-refractivity contribution in [3.05, 3.63) is 347 Å². The first kappa shape index (κ1) is 86.5. The van der Waals surface area contributed by atoms with Crippen LogP contribution in [0.2, 0.25) is 0 Å². The van der Waals surface area contributed by atoms with Crippen molar-refractivity contribution in [1.82, 2.24) is 41.2 Å². The number of carbonyl (C=O) groups excluding carboxylic acids is 2. The molecule has 2 aromatic heterocycles. The molecule has 0 saturated heterocycles. The molecule has 6 aliphatic rings. The number of benzene rings is 10. The molecule has 2 amide bonds. The van der Waals surface area contributed by atoms with Crippen LogP contribution < -0.4 is 33.6 Å². The molecule has 5 unspecified atom stereocenters. The summed E-state index contributed by atoms with van der Waals surface area (Å²) >= 11 is 0. The number of anilines is 4. The van der Waals surface area contributed by atoms with Gasteiger partial charge >= 0.3 is 12.2 Å².